The molecule has 19 heavy (non-hydrogen) atoms. The minimum absolute atomic E-state index is 0.0711. The van der Waals surface area contributed by atoms with Crippen molar-refractivity contribution in [1.82, 2.24) is 20.2 Å². The summed E-state index contributed by atoms with van der Waals surface area (Å²) < 4.78 is 6.25. The average molecular weight is 261 g/mol. The van der Waals surface area contributed by atoms with Crippen LogP contribution in [0.4, 0.5) is 5.69 Å². The normalized spacial score (nSPS) is 10.4. The fraction of sp³-hybridized carbons (Fsp3) is 0.333. The van der Waals surface area contributed by atoms with Crippen LogP contribution in [0.3, 0.4) is 0 Å². The van der Waals surface area contributed by atoms with E-state index in [1.807, 2.05) is 25.1 Å². The molecule has 7 heteroatoms. The van der Waals surface area contributed by atoms with Crippen molar-refractivity contribution in [1.29, 1.82) is 0 Å². The van der Waals surface area contributed by atoms with E-state index in [1.165, 1.54) is 4.68 Å². The largest absolute Gasteiger partial charge is 0.460 e. The molecule has 0 aliphatic heterocycles. The first kappa shape index (κ1) is 13.0. The Morgan fingerprint density at radius 1 is 1.47 bits per heavy atom. The number of rotatable bonds is 4. The Balaban J connectivity index is 2.24. The third-order valence-corrected chi connectivity index (χ3v) is 2.61. The molecule has 7 nitrogen and oxygen atoms in total. The van der Waals surface area contributed by atoms with Gasteiger partial charge in [-0.25, -0.2) is 9.48 Å². The highest BCUT2D eigenvalue weighted by molar-refractivity contribution is 5.85. The van der Waals surface area contributed by atoms with E-state index in [0.29, 0.717) is 12.2 Å². The predicted octanol–water partition coefficient (Wildman–Crippen LogP) is 0.789. The molecule has 0 aliphatic carbocycles. The fourth-order valence-corrected chi connectivity index (χ4v) is 1.67. The lowest BCUT2D eigenvalue weighted by molar-refractivity contribution is 0.0505. The van der Waals surface area contributed by atoms with Crippen molar-refractivity contribution in [3.63, 3.8) is 0 Å². The number of anilines is 1. The summed E-state index contributed by atoms with van der Waals surface area (Å²) in [6.07, 6.45) is 0. The van der Waals surface area contributed by atoms with Gasteiger partial charge < -0.3 is 10.5 Å². The molecule has 0 aliphatic rings. The fourth-order valence-electron chi connectivity index (χ4n) is 1.67. The Hall–Kier alpha value is -2.44. The molecule has 0 atom stereocenters. The molecule has 100 valence electrons. The van der Waals surface area contributed by atoms with Crippen molar-refractivity contribution in [3.05, 3.63) is 35.2 Å². The van der Waals surface area contributed by atoms with E-state index < -0.39 is 5.97 Å². The van der Waals surface area contributed by atoms with E-state index in [2.05, 4.69) is 15.5 Å². The third kappa shape index (κ3) is 2.87. The molecule has 1 aromatic heterocycles. The summed E-state index contributed by atoms with van der Waals surface area (Å²) in [5.74, 6) is -0.472. The predicted molar refractivity (Wildman–Crippen MR) is 68.5 cm³/mol. The summed E-state index contributed by atoms with van der Waals surface area (Å²) in [6.45, 7) is 4.29. The van der Waals surface area contributed by atoms with Crippen LogP contribution < -0.4 is 5.73 Å². The highest BCUT2D eigenvalue weighted by Crippen LogP contribution is 2.15. The van der Waals surface area contributed by atoms with Gasteiger partial charge in [-0.05, 0) is 41.5 Å². The maximum Gasteiger partial charge on any atom is 0.378 e. The lowest BCUT2D eigenvalue weighted by Gasteiger charge is -2.07. The Bertz CT molecular complexity index is 594. The second-order valence-electron chi connectivity index (χ2n) is 4.08. The molecule has 2 aromatic rings. The maximum absolute atomic E-state index is 11.6. The molecular weight excluding hydrogens is 246 g/mol. The van der Waals surface area contributed by atoms with Crippen LogP contribution in [0, 0.1) is 6.92 Å². The number of nitrogens with two attached hydrogens (primary N) is 1. The summed E-state index contributed by atoms with van der Waals surface area (Å²) in [6, 6.07) is 5.70. The smallest absolute Gasteiger partial charge is 0.378 e. The van der Waals surface area contributed by atoms with E-state index in [9.17, 15) is 4.79 Å². The van der Waals surface area contributed by atoms with Crippen molar-refractivity contribution in [2.75, 3.05) is 12.3 Å². The number of tetrazole rings is 1. The van der Waals surface area contributed by atoms with Crippen LogP contribution in [0.5, 0.6) is 0 Å². The Labute approximate surface area is 110 Å². The van der Waals surface area contributed by atoms with Crippen molar-refractivity contribution >= 4 is 11.7 Å². The zero-order valence-electron chi connectivity index (χ0n) is 10.8. The molecular formula is C12H15N5O2. The van der Waals surface area contributed by atoms with Gasteiger partial charge >= 0.3 is 5.97 Å². The maximum atomic E-state index is 11.6. The summed E-state index contributed by atoms with van der Waals surface area (Å²) in [5, 5.41) is 10.9. The van der Waals surface area contributed by atoms with Crippen LogP contribution in [0.15, 0.2) is 18.2 Å². The van der Waals surface area contributed by atoms with Crippen LogP contribution in [0.2, 0.25) is 0 Å². The van der Waals surface area contributed by atoms with Crippen molar-refractivity contribution in [2.24, 2.45) is 0 Å². The van der Waals surface area contributed by atoms with E-state index in [0.717, 1.165) is 11.1 Å². The first-order valence-corrected chi connectivity index (χ1v) is 5.90. The first-order valence-electron chi connectivity index (χ1n) is 5.90. The lowest BCUT2D eigenvalue weighted by Crippen LogP contribution is -2.15. The zero-order valence-corrected chi connectivity index (χ0v) is 10.8. The van der Waals surface area contributed by atoms with Gasteiger partial charge in [-0.2, -0.15) is 0 Å². The molecule has 0 saturated carbocycles. The number of aryl methyl sites for hydroxylation is 1. The van der Waals surface area contributed by atoms with Gasteiger partial charge in [0.25, 0.3) is 5.82 Å². The van der Waals surface area contributed by atoms with Crippen LogP contribution in [0.25, 0.3) is 0 Å². The number of hydrogen-bond donors (Lipinski definition) is 1. The molecule has 1 heterocycles. The number of carbonyl (C=O) groups excluding carboxylic acids is 1. The highest BCUT2D eigenvalue weighted by Gasteiger charge is 2.17. The van der Waals surface area contributed by atoms with Gasteiger partial charge in [-0.3, -0.25) is 0 Å². The first-order chi connectivity index (χ1) is 9.11. The van der Waals surface area contributed by atoms with Gasteiger partial charge in [-0.15, -0.1) is 5.10 Å². The zero-order chi connectivity index (χ0) is 13.8. The number of hydrogen-bond acceptors (Lipinski definition) is 6. The summed E-state index contributed by atoms with van der Waals surface area (Å²) >= 11 is 0. The summed E-state index contributed by atoms with van der Waals surface area (Å²) in [7, 11) is 0. The van der Waals surface area contributed by atoms with Crippen LogP contribution in [-0.2, 0) is 11.3 Å². The van der Waals surface area contributed by atoms with Crippen molar-refractivity contribution in [2.45, 2.75) is 20.4 Å². The summed E-state index contributed by atoms with van der Waals surface area (Å²) in [4.78, 5) is 11.6. The number of benzene rings is 1. The molecule has 0 saturated heterocycles. The van der Waals surface area contributed by atoms with E-state index in [1.54, 1.807) is 6.92 Å². The highest BCUT2D eigenvalue weighted by atomic mass is 16.5. The number of nitrogen functional groups attached to an aromatic ring is 1. The molecule has 0 unspecified atom stereocenters. The molecule has 1 aromatic carbocycles. The Morgan fingerprint density at radius 2 is 2.26 bits per heavy atom. The average Bonchev–Trinajstić information content (AvgIpc) is 2.81. The number of carbonyl (C=O) groups is 1. The van der Waals surface area contributed by atoms with E-state index in [-0.39, 0.29) is 12.4 Å². The molecule has 0 radical (unpaired) electrons. The molecule has 2 N–H and O–H groups in total. The van der Waals surface area contributed by atoms with Crippen LogP contribution >= 0.6 is 0 Å². The molecule has 0 amide bonds. The number of esters is 1. The van der Waals surface area contributed by atoms with Crippen LogP contribution in [0.1, 0.15) is 28.7 Å². The van der Waals surface area contributed by atoms with Crippen molar-refractivity contribution < 1.29 is 9.53 Å². The van der Waals surface area contributed by atoms with E-state index in [4.69, 9.17) is 10.5 Å². The quantitative estimate of drug-likeness (QED) is 0.645. The van der Waals surface area contributed by atoms with Crippen molar-refractivity contribution in [3.8, 4) is 0 Å². The molecule has 2 rings (SSSR count). The SMILES string of the molecule is CCOC(=O)c1nnnn1Cc1ccc(C)cc1N. The Kier molecular flexibility index (Phi) is 3.74. The number of nitrogens with zero attached hydrogens (tertiary/aromatic N) is 4. The third-order valence-electron chi connectivity index (χ3n) is 2.61. The lowest BCUT2D eigenvalue weighted by atomic mass is 10.1. The standard InChI is InChI=1S/C12H15N5O2/c1-3-19-12(18)11-14-15-16-17(11)7-9-5-4-8(2)6-10(9)13/h4-6H,3,7,13H2,1-2H3. The van der Waals surface area contributed by atoms with Crippen LogP contribution in [-0.4, -0.2) is 32.8 Å². The van der Waals surface area contributed by atoms with Gasteiger partial charge in [0.15, 0.2) is 0 Å². The van der Waals surface area contributed by atoms with Gasteiger partial charge in [0.2, 0.25) is 0 Å². The van der Waals surface area contributed by atoms with E-state index >= 15 is 0 Å². The topological polar surface area (TPSA) is 95.9 Å². The number of aromatic nitrogens is 4. The van der Waals surface area contributed by atoms with Gasteiger partial charge in [0, 0.05) is 5.69 Å². The molecule has 0 spiro atoms. The monoisotopic (exact) mass is 261 g/mol. The minimum atomic E-state index is -0.543. The molecule has 0 bridgehead atoms. The Morgan fingerprint density at radius 3 is 2.95 bits per heavy atom. The number of ether oxygens (including phenoxy) is 1. The van der Waals surface area contributed by atoms with Gasteiger partial charge in [0.1, 0.15) is 0 Å². The second kappa shape index (κ2) is 5.47. The molecule has 0 fully saturated rings. The summed E-state index contributed by atoms with van der Waals surface area (Å²) in [5.41, 5.74) is 8.49. The minimum Gasteiger partial charge on any atom is -0.460 e. The van der Waals surface area contributed by atoms with Gasteiger partial charge in [0.05, 0.1) is 13.2 Å². The second-order valence-corrected chi connectivity index (χ2v) is 4.08. The van der Waals surface area contributed by atoms with Gasteiger partial charge in [-0.1, -0.05) is 12.1 Å².